The van der Waals surface area contributed by atoms with Crippen LogP contribution in [0.4, 0.5) is 17.6 Å². The molecule has 3 fully saturated rings. The molecule has 8 nitrogen and oxygen atoms in total. The Morgan fingerprint density at radius 1 is 1.13 bits per heavy atom. The smallest absolute Gasteiger partial charge is 0.392 e. The highest BCUT2D eigenvalue weighted by Gasteiger charge is 2.56. The van der Waals surface area contributed by atoms with Crippen LogP contribution in [0, 0.1) is 17.7 Å². The number of alkyl halides is 3. The number of nitrogens with one attached hydrogen (secondary N) is 1. The Morgan fingerprint density at radius 3 is 2.47 bits per heavy atom. The number of hydrogen-bond acceptors (Lipinski definition) is 6. The van der Waals surface area contributed by atoms with Crippen molar-refractivity contribution >= 4 is 15.9 Å². The van der Waals surface area contributed by atoms with Gasteiger partial charge in [-0.05, 0) is 63.3 Å². The summed E-state index contributed by atoms with van der Waals surface area (Å²) < 4.78 is 85.0. The molecule has 5 rings (SSSR count). The van der Waals surface area contributed by atoms with E-state index >= 15 is 0 Å². The van der Waals surface area contributed by atoms with Crippen LogP contribution in [-0.2, 0) is 21.4 Å². The van der Waals surface area contributed by atoms with Crippen LogP contribution in [0.5, 0.6) is 5.88 Å². The van der Waals surface area contributed by atoms with Gasteiger partial charge in [0.1, 0.15) is 17.7 Å². The number of aromatic nitrogens is 2. The average Bonchev–Trinajstić information content (AvgIpc) is 3.78. The minimum Gasteiger partial charge on any atom is -0.477 e. The first-order chi connectivity index (χ1) is 17.9. The van der Waals surface area contributed by atoms with E-state index in [9.17, 15) is 30.8 Å². The molecule has 38 heavy (non-hydrogen) atoms. The number of carbonyl (C=O) groups excluding carboxylic acids is 1. The van der Waals surface area contributed by atoms with Gasteiger partial charge in [-0.2, -0.15) is 22.5 Å². The molecule has 1 aromatic carbocycles. The van der Waals surface area contributed by atoms with E-state index in [4.69, 9.17) is 4.74 Å². The number of rotatable bonds is 9. The van der Waals surface area contributed by atoms with E-state index in [0.29, 0.717) is 24.4 Å². The van der Waals surface area contributed by atoms with Gasteiger partial charge in [-0.3, -0.25) is 4.79 Å². The van der Waals surface area contributed by atoms with E-state index in [1.54, 1.807) is 6.92 Å². The van der Waals surface area contributed by atoms with E-state index in [2.05, 4.69) is 15.3 Å². The molecule has 2 aromatic rings. The van der Waals surface area contributed by atoms with Crippen LogP contribution in [0.15, 0.2) is 35.2 Å². The van der Waals surface area contributed by atoms with Gasteiger partial charge in [0, 0.05) is 23.9 Å². The topological polar surface area (TPSA) is 101 Å². The number of hydrogen-bond donors (Lipinski definition) is 1. The van der Waals surface area contributed by atoms with Crippen molar-refractivity contribution in [1.29, 1.82) is 0 Å². The molecule has 13 heteroatoms. The van der Waals surface area contributed by atoms with Crippen molar-refractivity contribution in [2.75, 3.05) is 6.61 Å². The standard InChI is InChI=1S/C25H28F4N4O4S/c1-14-2-9-21(33(14)38(35,36)19-7-5-17(26)6-8-19)24(34)30-12-18-11-22(32-23(31-18)15-3-4-15)37-13-16-10-20(16)25(27,28)29/h5-8,11,14-16,20-21H,2-4,9-10,12-13H2,1H3,(H,30,34)/t14-,16-,20+,21-/m0/s1. The first-order valence-electron chi connectivity index (χ1n) is 12.6. The average molecular weight is 557 g/mol. The van der Waals surface area contributed by atoms with Crippen molar-refractivity contribution in [2.24, 2.45) is 11.8 Å². The maximum Gasteiger partial charge on any atom is 0.392 e. The lowest BCUT2D eigenvalue weighted by Gasteiger charge is -2.27. The highest BCUT2D eigenvalue weighted by molar-refractivity contribution is 7.89. The molecule has 1 saturated heterocycles. The van der Waals surface area contributed by atoms with Gasteiger partial charge in [-0.15, -0.1) is 0 Å². The molecule has 1 aliphatic heterocycles. The maximum atomic E-state index is 13.3. The lowest BCUT2D eigenvalue weighted by atomic mass is 10.2. The van der Waals surface area contributed by atoms with E-state index in [1.165, 1.54) is 18.2 Å². The molecule has 2 heterocycles. The zero-order valence-electron chi connectivity index (χ0n) is 20.6. The number of nitrogens with zero attached hydrogens (tertiary/aromatic N) is 3. The van der Waals surface area contributed by atoms with Crippen molar-refractivity contribution in [3.05, 3.63) is 47.7 Å². The monoisotopic (exact) mass is 556 g/mol. The summed E-state index contributed by atoms with van der Waals surface area (Å²) in [5.74, 6) is -2.20. The third-order valence-corrected chi connectivity index (χ3v) is 9.28. The molecule has 0 bridgehead atoms. The van der Waals surface area contributed by atoms with Crippen molar-refractivity contribution in [3.63, 3.8) is 0 Å². The van der Waals surface area contributed by atoms with Gasteiger partial charge in [-0.1, -0.05) is 0 Å². The molecule has 4 atom stereocenters. The van der Waals surface area contributed by atoms with Gasteiger partial charge in [0.25, 0.3) is 0 Å². The second kappa shape index (κ2) is 10.1. The molecule has 0 spiro atoms. The van der Waals surface area contributed by atoms with Crippen molar-refractivity contribution in [3.8, 4) is 5.88 Å². The zero-order valence-corrected chi connectivity index (χ0v) is 21.4. The number of carbonyl (C=O) groups is 1. The Bertz CT molecular complexity index is 1300. The Labute approximate surface area is 217 Å². The zero-order chi connectivity index (χ0) is 27.2. The largest absolute Gasteiger partial charge is 0.477 e. The number of sulfonamides is 1. The fourth-order valence-electron chi connectivity index (χ4n) is 4.84. The quantitative estimate of drug-likeness (QED) is 0.470. The molecular formula is C25H28F4N4O4S. The van der Waals surface area contributed by atoms with Crippen LogP contribution < -0.4 is 10.1 Å². The Kier molecular flexibility index (Phi) is 7.10. The van der Waals surface area contributed by atoms with Crippen molar-refractivity contribution < 1.29 is 35.5 Å². The van der Waals surface area contributed by atoms with Crippen LogP contribution in [0.1, 0.15) is 56.5 Å². The van der Waals surface area contributed by atoms with Gasteiger partial charge in [0.15, 0.2) is 0 Å². The second-order valence-corrected chi connectivity index (χ2v) is 12.1. The third kappa shape index (κ3) is 5.78. The summed E-state index contributed by atoms with van der Waals surface area (Å²) in [6.07, 6.45) is -1.61. The summed E-state index contributed by atoms with van der Waals surface area (Å²) >= 11 is 0. The lowest BCUT2D eigenvalue weighted by molar-refractivity contribution is -0.151. The van der Waals surface area contributed by atoms with Crippen LogP contribution in [-0.4, -0.2) is 53.5 Å². The van der Waals surface area contributed by atoms with Crippen LogP contribution in [0.25, 0.3) is 0 Å². The summed E-state index contributed by atoms with van der Waals surface area (Å²) in [7, 11) is -4.04. The van der Waals surface area contributed by atoms with Gasteiger partial charge in [0.2, 0.25) is 21.8 Å². The molecule has 1 aromatic heterocycles. The summed E-state index contributed by atoms with van der Waals surface area (Å²) in [4.78, 5) is 21.8. The minimum atomic E-state index is -4.23. The van der Waals surface area contributed by atoms with E-state index in [-0.39, 0.29) is 36.3 Å². The third-order valence-electron chi connectivity index (χ3n) is 7.24. The van der Waals surface area contributed by atoms with Gasteiger partial charge < -0.3 is 10.1 Å². The summed E-state index contributed by atoms with van der Waals surface area (Å²) in [6, 6.07) is 4.57. The fraction of sp³-hybridized carbons (Fsp3) is 0.560. The highest BCUT2D eigenvalue weighted by Crippen LogP contribution is 2.50. The van der Waals surface area contributed by atoms with Gasteiger partial charge in [-0.25, -0.2) is 17.8 Å². The molecule has 3 aliphatic rings. The van der Waals surface area contributed by atoms with Crippen LogP contribution in [0.2, 0.25) is 0 Å². The number of benzene rings is 1. The second-order valence-electron chi connectivity index (χ2n) is 10.2. The Hall–Kier alpha value is -2.80. The SMILES string of the molecule is C[C@H]1CC[C@@H](C(=O)NCc2cc(OC[C@@H]3C[C@H]3C(F)(F)F)nc(C3CC3)n2)N1S(=O)(=O)c1ccc(F)cc1. The molecule has 2 saturated carbocycles. The molecule has 0 radical (unpaired) electrons. The highest BCUT2D eigenvalue weighted by atomic mass is 32.2. The van der Waals surface area contributed by atoms with Crippen LogP contribution >= 0.6 is 0 Å². The van der Waals surface area contributed by atoms with Crippen LogP contribution in [0.3, 0.4) is 0 Å². The normalized spacial score (nSPS) is 25.8. The predicted octanol–water partition coefficient (Wildman–Crippen LogP) is 3.93. The number of halogens is 4. The Balaban J connectivity index is 1.26. The van der Waals surface area contributed by atoms with Crippen molar-refractivity contribution in [2.45, 2.75) is 74.6 Å². The summed E-state index contributed by atoms with van der Waals surface area (Å²) in [5, 5.41) is 2.74. The Morgan fingerprint density at radius 2 is 1.84 bits per heavy atom. The predicted molar refractivity (Wildman–Crippen MR) is 127 cm³/mol. The summed E-state index contributed by atoms with van der Waals surface area (Å²) in [5.41, 5.74) is 0.424. The summed E-state index contributed by atoms with van der Waals surface area (Å²) in [6.45, 7) is 1.59. The molecular weight excluding hydrogens is 528 g/mol. The maximum absolute atomic E-state index is 13.3. The lowest BCUT2D eigenvalue weighted by Crippen LogP contribution is -2.48. The molecule has 206 valence electrons. The van der Waals surface area contributed by atoms with Gasteiger partial charge in [0.05, 0.1) is 29.7 Å². The number of ether oxygens (including phenoxy) is 1. The molecule has 2 aliphatic carbocycles. The first kappa shape index (κ1) is 26.8. The first-order valence-corrected chi connectivity index (χ1v) is 14.0. The van der Waals surface area contributed by atoms with E-state index in [0.717, 1.165) is 29.3 Å². The van der Waals surface area contributed by atoms with Gasteiger partial charge >= 0.3 is 6.18 Å². The number of amides is 1. The molecule has 1 N–H and O–H groups in total. The molecule has 1 amide bonds. The van der Waals surface area contributed by atoms with E-state index < -0.39 is 51.8 Å². The minimum absolute atomic E-state index is 0.0264. The van der Waals surface area contributed by atoms with Crippen molar-refractivity contribution in [1.82, 2.24) is 19.6 Å². The molecule has 0 unspecified atom stereocenters. The van der Waals surface area contributed by atoms with E-state index in [1.807, 2.05) is 0 Å². The fourth-order valence-corrected chi connectivity index (χ4v) is 6.68.